The van der Waals surface area contributed by atoms with Crippen molar-refractivity contribution in [2.45, 2.75) is 31.2 Å². The smallest absolute Gasteiger partial charge is 0.261 e. The lowest BCUT2D eigenvalue weighted by Gasteiger charge is -2.15. The quantitative estimate of drug-likeness (QED) is 0.482. The molecule has 1 saturated heterocycles. The number of imide groups is 1. The standard InChI is InChI=1S/C21H24N2O6S/c1-15-13-18(7-8-19(15)29-12-11-28-2)30(26,27)22-17-5-3-16(4-6-17)14-23-20(24)9-10-21(23)25/h3-8,13,22H,9-12,14H2,1-2H3. The summed E-state index contributed by atoms with van der Waals surface area (Å²) < 4.78 is 38.4. The molecule has 2 aromatic carbocycles. The van der Waals surface area contributed by atoms with E-state index in [4.69, 9.17) is 9.47 Å². The van der Waals surface area contributed by atoms with Crippen molar-refractivity contribution in [2.75, 3.05) is 25.0 Å². The number of amides is 2. The number of sulfonamides is 1. The molecule has 0 radical (unpaired) electrons. The Labute approximate surface area is 175 Å². The van der Waals surface area contributed by atoms with E-state index in [-0.39, 0.29) is 36.1 Å². The van der Waals surface area contributed by atoms with Crippen LogP contribution in [0, 0.1) is 6.92 Å². The summed E-state index contributed by atoms with van der Waals surface area (Å²) >= 11 is 0. The van der Waals surface area contributed by atoms with Crippen LogP contribution in [-0.4, -0.2) is 45.5 Å². The summed E-state index contributed by atoms with van der Waals surface area (Å²) in [7, 11) is -2.20. The van der Waals surface area contributed by atoms with Gasteiger partial charge in [-0.15, -0.1) is 0 Å². The van der Waals surface area contributed by atoms with Crippen molar-refractivity contribution < 1.29 is 27.5 Å². The number of benzene rings is 2. The van der Waals surface area contributed by atoms with Crippen molar-refractivity contribution >= 4 is 27.5 Å². The molecule has 2 aromatic rings. The Morgan fingerprint density at radius 3 is 2.27 bits per heavy atom. The van der Waals surface area contributed by atoms with Crippen molar-refractivity contribution in [2.24, 2.45) is 0 Å². The number of aryl methyl sites for hydroxylation is 1. The third kappa shape index (κ3) is 5.17. The van der Waals surface area contributed by atoms with Crippen LogP contribution in [0.4, 0.5) is 5.69 Å². The van der Waals surface area contributed by atoms with Gasteiger partial charge in [0.05, 0.1) is 18.0 Å². The van der Waals surface area contributed by atoms with Gasteiger partial charge in [-0.1, -0.05) is 12.1 Å². The Kier molecular flexibility index (Phi) is 6.73. The molecule has 0 spiro atoms. The van der Waals surface area contributed by atoms with E-state index in [1.54, 1.807) is 50.4 Å². The molecule has 0 aromatic heterocycles. The van der Waals surface area contributed by atoms with E-state index < -0.39 is 10.0 Å². The van der Waals surface area contributed by atoms with Crippen molar-refractivity contribution in [3.05, 3.63) is 53.6 Å². The Balaban J connectivity index is 1.67. The van der Waals surface area contributed by atoms with Crippen molar-refractivity contribution in [3.63, 3.8) is 0 Å². The zero-order valence-corrected chi connectivity index (χ0v) is 17.7. The van der Waals surface area contributed by atoms with Crippen LogP contribution in [0.5, 0.6) is 5.75 Å². The molecular weight excluding hydrogens is 408 g/mol. The van der Waals surface area contributed by atoms with Gasteiger partial charge in [-0.2, -0.15) is 0 Å². The number of carbonyl (C=O) groups excluding carboxylic acids is 2. The van der Waals surface area contributed by atoms with Crippen LogP contribution in [-0.2, 0) is 30.9 Å². The third-order valence-electron chi connectivity index (χ3n) is 4.70. The highest BCUT2D eigenvalue weighted by Crippen LogP contribution is 2.24. The first-order valence-electron chi connectivity index (χ1n) is 9.47. The van der Waals surface area contributed by atoms with E-state index in [0.717, 1.165) is 5.56 Å². The molecule has 1 aliphatic rings. The zero-order chi connectivity index (χ0) is 21.7. The van der Waals surface area contributed by atoms with Gasteiger partial charge in [0.15, 0.2) is 0 Å². The van der Waals surface area contributed by atoms with Crippen molar-refractivity contribution in [1.82, 2.24) is 4.90 Å². The average Bonchev–Trinajstić information content (AvgIpc) is 3.02. The topological polar surface area (TPSA) is 102 Å². The van der Waals surface area contributed by atoms with E-state index >= 15 is 0 Å². The molecule has 160 valence electrons. The number of hydrogen-bond acceptors (Lipinski definition) is 6. The van der Waals surface area contributed by atoms with Crippen LogP contribution in [0.15, 0.2) is 47.4 Å². The zero-order valence-electron chi connectivity index (χ0n) is 16.9. The second-order valence-electron chi connectivity index (χ2n) is 6.94. The number of nitrogens with one attached hydrogen (secondary N) is 1. The maximum Gasteiger partial charge on any atom is 0.261 e. The molecule has 0 saturated carbocycles. The molecule has 1 aliphatic heterocycles. The maximum absolute atomic E-state index is 12.7. The van der Waals surface area contributed by atoms with Gasteiger partial charge in [-0.25, -0.2) is 8.42 Å². The van der Waals surface area contributed by atoms with Crippen molar-refractivity contribution in [1.29, 1.82) is 0 Å². The maximum atomic E-state index is 12.7. The number of methoxy groups -OCH3 is 1. The van der Waals surface area contributed by atoms with Crippen molar-refractivity contribution in [3.8, 4) is 5.75 Å². The Hall–Kier alpha value is -2.91. The van der Waals surface area contributed by atoms with Gasteiger partial charge in [0, 0.05) is 25.6 Å². The fourth-order valence-electron chi connectivity index (χ4n) is 3.06. The first-order valence-corrected chi connectivity index (χ1v) is 11.0. The summed E-state index contributed by atoms with van der Waals surface area (Å²) in [5.74, 6) is 0.228. The molecule has 2 amide bonds. The molecule has 9 heteroatoms. The molecule has 8 nitrogen and oxygen atoms in total. The summed E-state index contributed by atoms with van der Waals surface area (Å²) in [6, 6.07) is 11.2. The molecule has 3 rings (SSSR count). The SMILES string of the molecule is COCCOc1ccc(S(=O)(=O)Nc2ccc(CN3C(=O)CCC3=O)cc2)cc1C. The second kappa shape index (κ2) is 9.27. The van der Waals surface area contributed by atoms with Crippen LogP contribution < -0.4 is 9.46 Å². The predicted molar refractivity (Wildman–Crippen MR) is 111 cm³/mol. The number of rotatable bonds is 9. The Morgan fingerprint density at radius 1 is 1.00 bits per heavy atom. The third-order valence-corrected chi connectivity index (χ3v) is 6.08. The lowest BCUT2D eigenvalue weighted by molar-refractivity contribution is -0.139. The second-order valence-corrected chi connectivity index (χ2v) is 8.63. The molecule has 1 fully saturated rings. The highest BCUT2D eigenvalue weighted by molar-refractivity contribution is 7.92. The minimum Gasteiger partial charge on any atom is -0.491 e. The fraction of sp³-hybridized carbons (Fsp3) is 0.333. The lowest BCUT2D eigenvalue weighted by Crippen LogP contribution is -2.28. The first-order chi connectivity index (χ1) is 14.3. The molecule has 0 aliphatic carbocycles. The predicted octanol–water partition coefficient (Wildman–Crippen LogP) is 2.47. The molecule has 0 bridgehead atoms. The number of hydrogen-bond donors (Lipinski definition) is 1. The summed E-state index contributed by atoms with van der Waals surface area (Å²) in [6.45, 7) is 2.78. The Morgan fingerprint density at radius 2 is 1.67 bits per heavy atom. The normalized spacial score (nSPS) is 14.3. The van der Waals surface area contributed by atoms with Gasteiger partial charge in [0.2, 0.25) is 11.8 Å². The minimum absolute atomic E-state index is 0.122. The van der Waals surface area contributed by atoms with Gasteiger partial charge in [-0.3, -0.25) is 19.2 Å². The molecule has 0 unspecified atom stereocenters. The van der Waals surface area contributed by atoms with Gasteiger partial charge in [-0.05, 0) is 48.4 Å². The number of carbonyl (C=O) groups is 2. The average molecular weight is 432 g/mol. The van der Waals surface area contributed by atoms with E-state index in [2.05, 4.69) is 4.72 Å². The van der Waals surface area contributed by atoms with Crippen LogP contribution >= 0.6 is 0 Å². The van der Waals surface area contributed by atoms with Gasteiger partial charge >= 0.3 is 0 Å². The first kappa shape index (κ1) is 21.8. The fourth-order valence-corrected chi connectivity index (χ4v) is 4.20. The molecule has 30 heavy (non-hydrogen) atoms. The molecule has 0 atom stereocenters. The van der Waals surface area contributed by atoms with Crippen LogP contribution in [0.1, 0.15) is 24.0 Å². The number of ether oxygens (including phenoxy) is 2. The summed E-state index contributed by atoms with van der Waals surface area (Å²) in [5.41, 5.74) is 1.83. The van der Waals surface area contributed by atoms with E-state index in [1.165, 1.54) is 11.0 Å². The van der Waals surface area contributed by atoms with E-state index in [0.29, 0.717) is 30.2 Å². The highest BCUT2D eigenvalue weighted by Gasteiger charge is 2.28. The van der Waals surface area contributed by atoms with Gasteiger partial charge in [0.1, 0.15) is 12.4 Å². The molecule has 1 heterocycles. The molecular formula is C21H24N2O6S. The van der Waals surface area contributed by atoms with E-state index in [9.17, 15) is 18.0 Å². The Bertz CT molecular complexity index is 1020. The van der Waals surface area contributed by atoms with Crippen LogP contribution in [0.3, 0.4) is 0 Å². The lowest BCUT2D eigenvalue weighted by atomic mass is 10.2. The summed E-state index contributed by atoms with van der Waals surface area (Å²) in [4.78, 5) is 24.8. The number of nitrogens with zero attached hydrogens (tertiary/aromatic N) is 1. The molecule has 1 N–H and O–H groups in total. The highest BCUT2D eigenvalue weighted by atomic mass is 32.2. The van der Waals surface area contributed by atoms with E-state index in [1.807, 2.05) is 0 Å². The largest absolute Gasteiger partial charge is 0.491 e. The monoisotopic (exact) mass is 432 g/mol. The number of likely N-dealkylation sites (tertiary alicyclic amines) is 1. The minimum atomic E-state index is -3.78. The van der Waals surface area contributed by atoms with Gasteiger partial charge < -0.3 is 9.47 Å². The summed E-state index contributed by atoms with van der Waals surface area (Å²) in [6.07, 6.45) is 0.485. The van der Waals surface area contributed by atoms with Crippen LogP contribution in [0.25, 0.3) is 0 Å². The number of anilines is 1. The summed E-state index contributed by atoms with van der Waals surface area (Å²) in [5, 5.41) is 0. The van der Waals surface area contributed by atoms with Crippen LogP contribution in [0.2, 0.25) is 0 Å². The van der Waals surface area contributed by atoms with Gasteiger partial charge in [0.25, 0.3) is 10.0 Å².